The molecule has 0 bridgehead atoms. The molecule has 0 unspecified atom stereocenters. The van der Waals surface area contributed by atoms with Crippen LogP contribution >= 0.6 is 38.6 Å². The van der Waals surface area contributed by atoms with Crippen LogP contribution in [0, 0.1) is 11.3 Å². The van der Waals surface area contributed by atoms with E-state index < -0.39 is 0 Å². The second kappa shape index (κ2) is 5.60. The molecule has 2 nitrogen and oxygen atoms in total. The SMILES string of the molecule is N#Cc1ccc(CNCc2sccc2Br)s1. The van der Waals surface area contributed by atoms with Gasteiger partial charge in [-0.15, -0.1) is 22.7 Å². The highest BCUT2D eigenvalue weighted by Crippen LogP contribution is 2.22. The van der Waals surface area contributed by atoms with Crippen molar-refractivity contribution in [2.45, 2.75) is 13.1 Å². The van der Waals surface area contributed by atoms with Crippen LogP contribution in [0.3, 0.4) is 0 Å². The molecule has 2 aromatic rings. The van der Waals surface area contributed by atoms with Gasteiger partial charge in [-0.1, -0.05) is 0 Å². The third kappa shape index (κ3) is 2.92. The summed E-state index contributed by atoms with van der Waals surface area (Å²) in [7, 11) is 0. The Balaban J connectivity index is 1.85. The molecule has 0 fully saturated rings. The van der Waals surface area contributed by atoms with Crippen LogP contribution in [0.25, 0.3) is 0 Å². The van der Waals surface area contributed by atoms with Gasteiger partial charge in [0, 0.05) is 27.3 Å². The molecule has 0 aliphatic carbocycles. The van der Waals surface area contributed by atoms with Gasteiger partial charge in [-0.3, -0.25) is 0 Å². The lowest BCUT2D eigenvalue weighted by atomic mass is 10.4. The highest BCUT2D eigenvalue weighted by Gasteiger charge is 2.02. The van der Waals surface area contributed by atoms with Crippen molar-refractivity contribution in [3.63, 3.8) is 0 Å². The van der Waals surface area contributed by atoms with Crippen molar-refractivity contribution in [2.24, 2.45) is 0 Å². The summed E-state index contributed by atoms with van der Waals surface area (Å²) in [6.45, 7) is 1.68. The molecule has 0 atom stereocenters. The van der Waals surface area contributed by atoms with Gasteiger partial charge in [-0.05, 0) is 39.5 Å². The molecule has 0 saturated carbocycles. The van der Waals surface area contributed by atoms with Crippen molar-refractivity contribution in [1.29, 1.82) is 5.26 Å². The fourth-order valence-corrected chi connectivity index (χ4v) is 3.52. The van der Waals surface area contributed by atoms with Crippen LogP contribution in [-0.4, -0.2) is 0 Å². The van der Waals surface area contributed by atoms with Crippen molar-refractivity contribution in [3.05, 3.63) is 42.7 Å². The minimum atomic E-state index is 0.772. The average Bonchev–Trinajstić information content (AvgIpc) is 2.89. The Morgan fingerprint density at radius 1 is 1.31 bits per heavy atom. The average molecular weight is 313 g/mol. The molecule has 2 rings (SSSR count). The Kier molecular flexibility index (Phi) is 4.13. The maximum atomic E-state index is 8.70. The number of hydrogen-bond acceptors (Lipinski definition) is 4. The Bertz CT molecular complexity index is 510. The van der Waals surface area contributed by atoms with Gasteiger partial charge >= 0.3 is 0 Å². The first-order valence-electron chi connectivity index (χ1n) is 4.71. The zero-order valence-corrected chi connectivity index (χ0v) is 11.6. The van der Waals surface area contributed by atoms with Gasteiger partial charge in [0.05, 0.1) is 0 Å². The minimum absolute atomic E-state index is 0.772. The number of nitrogens with zero attached hydrogens (tertiary/aromatic N) is 1. The molecule has 1 N–H and O–H groups in total. The summed E-state index contributed by atoms with van der Waals surface area (Å²) in [6, 6.07) is 8.07. The van der Waals surface area contributed by atoms with E-state index in [1.807, 2.05) is 12.1 Å². The lowest BCUT2D eigenvalue weighted by Crippen LogP contribution is -2.10. The van der Waals surface area contributed by atoms with Gasteiger partial charge in [0.15, 0.2) is 0 Å². The van der Waals surface area contributed by atoms with Crippen LogP contribution in [0.4, 0.5) is 0 Å². The summed E-state index contributed by atoms with van der Waals surface area (Å²) in [5, 5.41) is 14.1. The summed E-state index contributed by atoms with van der Waals surface area (Å²) >= 11 is 6.78. The molecule has 0 saturated heterocycles. The van der Waals surface area contributed by atoms with Gasteiger partial charge in [-0.25, -0.2) is 0 Å². The van der Waals surface area contributed by atoms with E-state index in [9.17, 15) is 0 Å². The number of halogens is 1. The molecule has 0 aliphatic heterocycles. The fraction of sp³-hybridized carbons (Fsp3) is 0.182. The maximum Gasteiger partial charge on any atom is 0.110 e. The van der Waals surface area contributed by atoms with E-state index in [1.165, 1.54) is 9.75 Å². The zero-order chi connectivity index (χ0) is 11.4. The quantitative estimate of drug-likeness (QED) is 0.933. The molecule has 0 spiro atoms. The Hall–Kier alpha value is -0.670. The number of thiophene rings is 2. The highest BCUT2D eigenvalue weighted by atomic mass is 79.9. The predicted molar refractivity (Wildman–Crippen MR) is 71.6 cm³/mol. The van der Waals surface area contributed by atoms with E-state index in [-0.39, 0.29) is 0 Å². The first-order valence-corrected chi connectivity index (χ1v) is 7.20. The number of hydrogen-bond donors (Lipinski definition) is 1. The van der Waals surface area contributed by atoms with Crippen molar-refractivity contribution in [1.82, 2.24) is 5.32 Å². The van der Waals surface area contributed by atoms with Crippen molar-refractivity contribution < 1.29 is 0 Å². The minimum Gasteiger partial charge on any atom is -0.307 e. The lowest BCUT2D eigenvalue weighted by Gasteiger charge is -2.01. The van der Waals surface area contributed by atoms with Crippen LogP contribution in [0.2, 0.25) is 0 Å². The standard InChI is InChI=1S/C11H9BrN2S2/c12-10-3-4-15-11(10)7-14-6-9-2-1-8(5-13)16-9/h1-4,14H,6-7H2. The molecule has 5 heteroatoms. The summed E-state index contributed by atoms with van der Waals surface area (Å²) < 4.78 is 1.16. The van der Waals surface area contributed by atoms with Gasteiger partial charge in [0.2, 0.25) is 0 Å². The van der Waals surface area contributed by atoms with E-state index in [1.54, 1.807) is 22.7 Å². The Morgan fingerprint density at radius 3 is 2.81 bits per heavy atom. The monoisotopic (exact) mass is 312 g/mol. The number of nitriles is 1. The van der Waals surface area contributed by atoms with Gasteiger partial charge in [0.25, 0.3) is 0 Å². The van der Waals surface area contributed by atoms with E-state index >= 15 is 0 Å². The summed E-state index contributed by atoms with van der Waals surface area (Å²) in [5.41, 5.74) is 0. The van der Waals surface area contributed by atoms with Crippen LogP contribution in [0.1, 0.15) is 14.6 Å². The van der Waals surface area contributed by atoms with Crippen LogP contribution in [0.5, 0.6) is 0 Å². The van der Waals surface area contributed by atoms with E-state index in [2.05, 4.69) is 38.8 Å². The summed E-state index contributed by atoms with van der Waals surface area (Å²) in [6.07, 6.45) is 0. The van der Waals surface area contributed by atoms with Gasteiger partial charge < -0.3 is 5.32 Å². The largest absolute Gasteiger partial charge is 0.307 e. The third-order valence-electron chi connectivity index (χ3n) is 2.05. The molecule has 0 aromatic carbocycles. The topological polar surface area (TPSA) is 35.8 Å². The van der Waals surface area contributed by atoms with Gasteiger partial charge in [-0.2, -0.15) is 5.26 Å². The molecule has 16 heavy (non-hydrogen) atoms. The molecule has 82 valence electrons. The fourth-order valence-electron chi connectivity index (χ4n) is 1.28. The molecule has 2 aromatic heterocycles. The Morgan fingerprint density at radius 2 is 2.19 bits per heavy atom. The molecule has 0 radical (unpaired) electrons. The van der Waals surface area contributed by atoms with E-state index in [4.69, 9.17) is 5.26 Å². The van der Waals surface area contributed by atoms with Crippen molar-refractivity contribution in [2.75, 3.05) is 0 Å². The first kappa shape index (κ1) is 11.8. The number of nitrogens with one attached hydrogen (secondary N) is 1. The maximum absolute atomic E-state index is 8.70. The second-order valence-corrected chi connectivity index (χ2v) is 6.20. The smallest absolute Gasteiger partial charge is 0.110 e. The highest BCUT2D eigenvalue weighted by molar-refractivity contribution is 9.10. The van der Waals surface area contributed by atoms with E-state index in [0.29, 0.717) is 0 Å². The van der Waals surface area contributed by atoms with Crippen molar-refractivity contribution >= 4 is 38.6 Å². The van der Waals surface area contributed by atoms with Crippen LogP contribution in [-0.2, 0) is 13.1 Å². The van der Waals surface area contributed by atoms with Crippen LogP contribution < -0.4 is 5.32 Å². The Labute approximate surface area is 111 Å². The molecule has 2 heterocycles. The summed E-state index contributed by atoms with van der Waals surface area (Å²) in [5.74, 6) is 0. The van der Waals surface area contributed by atoms with E-state index in [0.717, 1.165) is 22.4 Å². The molecular weight excluding hydrogens is 304 g/mol. The summed E-state index contributed by atoms with van der Waals surface area (Å²) in [4.78, 5) is 3.27. The molecule has 0 aliphatic rings. The van der Waals surface area contributed by atoms with Crippen molar-refractivity contribution in [3.8, 4) is 6.07 Å². The van der Waals surface area contributed by atoms with Gasteiger partial charge in [0.1, 0.15) is 10.9 Å². The zero-order valence-electron chi connectivity index (χ0n) is 8.37. The number of rotatable bonds is 4. The lowest BCUT2D eigenvalue weighted by molar-refractivity contribution is 0.707. The second-order valence-electron chi connectivity index (χ2n) is 3.17. The molecule has 0 amide bonds. The molecular formula is C11H9BrN2S2. The first-order chi connectivity index (χ1) is 7.79. The van der Waals surface area contributed by atoms with Crippen LogP contribution in [0.15, 0.2) is 28.1 Å². The third-order valence-corrected chi connectivity index (χ3v) is 4.96. The predicted octanol–water partition coefficient (Wildman–Crippen LogP) is 3.73. The normalized spacial score (nSPS) is 10.2.